The molecule has 1 aliphatic rings. The van der Waals surface area contributed by atoms with Gasteiger partial charge in [0.05, 0.1) is 5.56 Å². The van der Waals surface area contributed by atoms with Gasteiger partial charge >= 0.3 is 6.18 Å². The highest BCUT2D eigenvalue weighted by atomic mass is 35.5. The van der Waals surface area contributed by atoms with Gasteiger partial charge in [-0.25, -0.2) is 4.98 Å². The molecule has 3 rings (SSSR count). The van der Waals surface area contributed by atoms with Gasteiger partial charge in [0.2, 0.25) is 5.88 Å². The second-order valence-corrected chi connectivity index (χ2v) is 7.40. The second-order valence-electron chi connectivity index (χ2n) is 6.53. The van der Waals surface area contributed by atoms with E-state index in [9.17, 15) is 22.8 Å². The quantitative estimate of drug-likeness (QED) is 0.691. The Balaban J connectivity index is 1.56. The van der Waals surface area contributed by atoms with Crippen LogP contribution in [0.3, 0.4) is 0 Å². The number of halogens is 5. The van der Waals surface area contributed by atoms with E-state index in [4.69, 9.17) is 23.2 Å². The van der Waals surface area contributed by atoms with Crippen molar-refractivity contribution in [1.82, 2.24) is 14.8 Å². The zero-order valence-corrected chi connectivity index (χ0v) is 17.0. The zero-order chi connectivity index (χ0) is 21.9. The number of carbonyl (C=O) groups excluding carboxylic acids is 2. The molecule has 11 heteroatoms. The highest BCUT2D eigenvalue weighted by molar-refractivity contribution is 6.35. The molecule has 1 aliphatic heterocycles. The maximum absolute atomic E-state index is 12.6. The Bertz CT molecular complexity index is 911. The van der Waals surface area contributed by atoms with Crippen LogP contribution in [0.25, 0.3) is 0 Å². The molecule has 2 aromatic rings. The zero-order valence-electron chi connectivity index (χ0n) is 15.5. The lowest BCUT2D eigenvalue weighted by Crippen LogP contribution is -2.50. The molecule has 0 bridgehead atoms. The fraction of sp³-hybridized carbons (Fsp3) is 0.316. The van der Waals surface area contributed by atoms with Crippen LogP contribution in [0.1, 0.15) is 20.7 Å². The number of amides is 2. The molecule has 0 N–H and O–H groups in total. The summed E-state index contributed by atoms with van der Waals surface area (Å²) in [6.07, 6.45) is -3.30. The molecule has 160 valence electrons. The number of pyridine rings is 1. The molecule has 0 unspecified atom stereocenters. The lowest BCUT2D eigenvalue weighted by atomic mass is 10.1. The lowest BCUT2D eigenvalue weighted by Gasteiger charge is -2.34. The molecule has 0 aliphatic carbocycles. The molecule has 2 heterocycles. The number of rotatable bonds is 4. The molecule has 0 radical (unpaired) electrons. The Hall–Kier alpha value is -2.52. The monoisotopic (exact) mass is 461 g/mol. The van der Waals surface area contributed by atoms with Crippen molar-refractivity contribution in [1.29, 1.82) is 0 Å². The first kappa shape index (κ1) is 22.2. The summed E-state index contributed by atoms with van der Waals surface area (Å²) in [5.41, 5.74) is 0.585. The third-order valence-electron chi connectivity index (χ3n) is 4.33. The van der Waals surface area contributed by atoms with Crippen molar-refractivity contribution in [2.24, 2.45) is 0 Å². The smallest absolute Gasteiger partial charge is 0.422 e. The fourth-order valence-corrected chi connectivity index (χ4v) is 3.43. The summed E-state index contributed by atoms with van der Waals surface area (Å²) in [5.74, 6) is -0.790. The van der Waals surface area contributed by atoms with Gasteiger partial charge in [-0.1, -0.05) is 23.2 Å². The van der Waals surface area contributed by atoms with E-state index in [1.165, 1.54) is 36.5 Å². The summed E-state index contributed by atoms with van der Waals surface area (Å²) >= 11 is 11.9. The number of piperazine rings is 1. The van der Waals surface area contributed by atoms with Crippen LogP contribution >= 0.6 is 23.2 Å². The van der Waals surface area contributed by atoms with Crippen LogP contribution in [0, 0.1) is 0 Å². The molecule has 1 saturated heterocycles. The highest BCUT2D eigenvalue weighted by Crippen LogP contribution is 2.21. The number of hydrogen-bond donors (Lipinski definition) is 0. The third kappa shape index (κ3) is 5.76. The average Bonchev–Trinajstić information content (AvgIpc) is 2.70. The van der Waals surface area contributed by atoms with Gasteiger partial charge in [-0.3, -0.25) is 9.59 Å². The summed E-state index contributed by atoms with van der Waals surface area (Å²) < 4.78 is 41.0. The van der Waals surface area contributed by atoms with Crippen LogP contribution in [-0.2, 0) is 0 Å². The van der Waals surface area contributed by atoms with Crippen LogP contribution in [0.2, 0.25) is 10.0 Å². The van der Waals surface area contributed by atoms with Crippen molar-refractivity contribution in [3.8, 4) is 5.88 Å². The van der Waals surface area contributed by atoms with Crippen LogP contribution < -0.4 is 4.74 Å². The van der Waals surface area contributed by atoms with Gasteiger partial charge < -0.3 is 14.5 Å². The minimum Gasteiger partial charge on any atom is -0.468 e. The Morgan fingerprint density at radius 2 is 1.47 bits per heavy atom. The van der Waals surface area contributed by atoms with Crippen LogP contribution in [-0.4, -0.2) is 65.6 Å². The Morgan fingerprint density at radius 3 is 1.93 bits per heavy atom. The number of ether oxygens (including phenoxy) is 1. The number of nitrogens with zero attached hydrogens (tertiary/aromatic N) is 3. The van der Waals surface area contributed by atoms with E-state index >= 15 is 0 Å². The number of aromatic nitrogens is 1. The molecular formula is C19H16Cl2F3N3O3. The van der Waals surface area contributed by atoms with E-state index in [2.05, 4.69) is 9.72 Å². The van der Waals surface area contributed by atoms with E-state index in [1.54, 1.807) is 9.80 Å². The van der Waals surface area contributed by atoms with Gasteiger partial charge in [0.15, 0.2) is 6.61 Å². The topological polar surface area (TPSA) is 62.7 Å². The van der Waals surface area contributed by atoms with Gasteiger partial charge in [0.25, 0.3) is 11.8 Å². The third-order valence-corrected chi connectivity index (χ3v) is 4.77. The van der Waals surface area contributed by atoms with Crippen LogP contribution in [0.15, 0.2) is 36.5 Å². The summed E-state index contributed by atoms with van der Waals surface area (Å²) in [4.78, 5) is 32.1. The number of benzene rings is 1. The summed E-state index contributed by atoms with van der Waals surface area (Å²) in [5, 5.41) is 0.713. The molecule has 0 saturated carbocycles. The van der Waals surface area contributed by atoms with E-state index in [0.717, 1.165) is 0 Å². The van der Waals surface area contributed by atoms with Gasteiger partial charge in [0.1, 0.15) is 0 Å². The molecule has 2 amide bonds. The normalized spacial score (nSPS) is 14.6. The Labute approximate surface area is 180 Å². The number of alkyl halides is 3. The van der Waals surface area contributed by atoms with Gasteiger partial charge in [-0.15, -0.1) is 0 Å². The van der Waals surface area contributed by atoms with Crippen molar-refractivity contribution in [2.75, 3.05) is 32.8 Å². The minimum atomic E-state index is -4.47. The van der Waals surface area contributed by atoms with E-state index in [1.807, 2.05) is 0 Å². The summed E-state index contributed by atoms with van der Waals surface area (Å²) in [7, 11) is 0. The number of hydrogen-bond acceptors (Lipinski definition) is 4. The molecule has 0 atom stereocenters. The predicted octanol–water partition coefficient (Wildman–Crippen LogP) is 3.93. The highest BCUT2D eigenvalue weighted by Gasteiger charge is 2.29. The first-order chi connectivity index (χ1) is 14.1. The van der Waals surface area contributed by atoms with E-state index in [0.29, 0.717) is 41.8 Å². The first-order valence-corrected chi connectivity index (χ1v) is 9.58. The molecule has 1 aromatic carbocycles. The fourth-order valence-electron chi connectivity index (χ4n) is 2.90. The van der Waals surface area contributed by atoms with Gasteiger partial charge in [-0.2, -0.15) is 13.2 Å². The SMILES string of the molecule is O=C(c1ccc(OCC(F)(F)F)nc1)N1CCN(C(=O)c2cc(Cl)cc(Cl)c2)CC1. The van der Waals surface area contributed by atoms with Crippen molar-refractivity contribution < 1.29 is 27.5 Å². The summed E-state index contributed by atoms with van der Waals surface area (Å²) in [6, 6.07) is 7.15. The van der Waals surface area contributed by atoms with Gasteiger partial charge in [0, 0.05) is 54.1 Å². The number of carbonyl (C=O) groups is 2. The molecule has 1 fully saturated rings. The minimum absolute atomic E-state index is 0.218. The predicted molar refractivity (Wildman–Crippen MR) is 104 cm³/mol. The van der Waals surface area contributed by atoms with Crippen molar-refractivity contribution in [3.63, 3.8) is 0 Å². The molecule has 0 spiro atoms. The molecule has 30 heavy (non-hydrogen) atoms. The standard InChI is InChI=1S/C19H16Cl2F3N3O3/c20-14-7-13(8-15(21)9-14)18(29)27-5-3-26(4-6-27)17(28)12-1-2-16(25-10-12)30-11-19(22,23)24/h1-2,7-10H,3-6,11H2. The molecule has 1 aromatic heterocycles. The second kappa shape index (κ2) is 9.09. The van der Waals surface area contributed by atoms with Crippen LogP contribution in [0.5, 0.6) is 5.88 Å². The van der Waals surface area contributed by atoms with Gasteiger partial charge in [-0.05, 0) is 24.3 Å². The van der Waals surface area contributed by atoms with Crippen molar-refractivity contribution in [2.45, 2.75) is 6.18 Å². The van der Waals surface area contributed by atoms with Crippen molar-refractivity contribution in [3.05, 3.63) is 57.7 Å². The average molecular weight is 462 g/mol. The van der Waals surface area contributed by atoms with Crippen LogP contribution in [0.4, 0.5) is 13.2 Å². The van der Waals surface area contributed by atoms with Crippen molar-refractivity contribution >= 4 is 35.0 Å². The molecular weight excluding hydrogens is 446 g/mol. The Kier molecular flexibility index (Phi) is 6.72. The maximum atomic E-state index is 12.6. The maximum Gasteiger partial charge on any atom is 0.422 e. The van der Waals surface area contributed by atoms with E-state index < -0.39 is 12.8 Å². The lowest BCUT2D eigenvalue weighted by molar-refractivity contribution is -0.154. The summed E-state index contributed by atoms with van der Waals surface area (Å²) in [6.45, 7) is -0.235. The first-order valence-electron chi connectivity index (χ1n) is 8.82. The molecule has 6 nitrogen and oxygen atoms in total. The Morgan fingerprint density at radius 1 is 0.933 bits per heavy atom. The van der Waals surface area contributed by atoms with E-state index in [-0.39, 0.29) is 23.3 Å². The largest absolute Gasteiger partial charge is 0.468 e.